The van der Waals surface area contributed by atoms with Crippen LogP contribution in [0.5, 0.6) is 5.75 Å². The fourth-order valence-electron chi connectivity index (χ4n) is 2.49. The summed E-state index contributed by atoms with van der Waals surface area (Å²) in [7, 11) is -1.67. The van der Waals surface area contributed by atoms with Gasteiger partial charge in [0.2, 0.25) is 10.0 Å². The number of sulfonamides is 1. The summed E-state index contributed by atoms with van der Waals surface area (Å²) in [5.41, 5.74) is 6.29. The standard InChI is InChI=1S/C18H29FN2O3S/c1-21(25(22,23)12-4-2-3-10-20)11-9-15-7-8-17(19)18(13-15)24-14-16-5-6-16/h7-8,13,16H,2-6,9-12,14,20H2,1H3. The first-order chi connectivity index (χ1) is 11.9. The summed E-state index contributed by atoms with van der Waals surface area (Å²) in [5, 5.41) is 0. The predicted molar refractivity (Wildman–Crippen MR) is 97.6 cm³/mol. The molecule has 1 saturated carbocycles. The molecule has 0 spiro atoms. The molecule has 0 saturated heterocycles. The first-order valence-corrected chi connectivity index (χ1v) is 10.6. The lowest BCUT2D eigenvalue weighted by molar-refractivity contribution is 0.285. The van der Waals surface area contributed by atoms with Crippen LogP contribution in [0.3, 0.4) is 0 Å². The van der Waals surface area contributed by atoms with Crippen LogP contribution in [0.25, 0.3) is 0 Å². The maximum absolute atomic E-state index is 13.8. The lowest BCUT2D eigenvalue weighted by atomic mass is 10.1. The van der Waals surface area contributed by atoms with E-state index in [4.69, 9.17) is 10.5 Å². The van der Waals surface area contributed by atoms with Gasteiger partial charge in [-0.2, -0.15) is 0 Å². The molecule has 1 aromatic rings. The third kappa shape index (κ3) is 6.92. The molecule has 7 heteroatoms. The van der Waals surface area contributed by atoms with Gasteiger partial charge in [0.1, 0.15) is 0 Å². The minimum atomic E-state index is -3.26. The molecule has 1 aromatic carbocycles. The Morgan fingerprint density at radius 2 is 2.04 bits per heavy atom. The predicted octanol–water partition coefficient (Wildman–Crippen LogP) is 2.55. The molecule has 1 fully saturated rings. The number of halogens is 1. The van der Waals surface area contributed by atoms with Gasteiger partial charge >= 0.3 is 0 Å². The van der Waals surface area contributed by atoms with E-state index >= 15 is 0 Å². The summed E-state index contributed by atoms with van der Waals surface area (Å²) in [6, 6.07) is 4.75. The van der Waals surface area contributed by atoms with Crippen LogP contribution in [0, 0.1) is 11.7 Å². The summed E-state index contributed by atoms with van der Waals surface area (Å²) in [4.78, 5) is 0. The molecule has 0 aliphatic heterocycles. The van der Waals surface area contributed by atoms with Crippen LogP contribution in [0.4, 0.5) is 4.39 Å². The zero-order chi connectivity index (χ0) is 18.3. The van der Waals surface area contributed by atoms with E-state index < -0.39 is 10.0 Å². The molecule has 0 unspecified atom stereocenters. The number of nitrogens with two attached hydrogens (primary N) is 1. The summed E-state index contributed by atoms with van der Waals surface area (Å²) in [6.07, 6.45) is 5.12. The summed E-state index contributed by atoms with van der Waals surface area (Å²) in [6.45, 7) is 1.51. The number of ether oxygens (including phenoxy) is 1. The van der Waals surface area contributed by atoms with Crippen molar-refractivity contribution in [3.05, 3.63) is 29.6 Å². The van der Waals surface area contributed by atoms with Gasteiger partial charge in [0.05, 0.1) is 12.4 Å². The first kappa shape index (κ1) is 20.1. The largest absolute Gasteiger partial charge is 0.490 e. The van der Waals surface area contributed by atoms with Gasteiger partial charge in [-0.3, -0.25) is 0 Å². The van der Waals surface area contributed by atoms with Gasteiger partial charge in [-0.1, -0.05) is 12.5 Å². The fourth-order valence-corrected chi connectivity index (χ4v) is 3.74. The van der Waals surface area contributed by atoms with Gasteiger partial charge in [0.25, 0.3) is 0 Å². The van der Waals surface area contributed by atoms with Crippen LogP contribution in [0.15, 0.2) is 18.2 Å². The molecule has 2 N–H and O–H groups in total. The Kier molecular flexibility index (Phi) is 7.65. The SMILES string of the molecule is CN(CCc1ccc(F)c(OCC2CC2)c1)S(=O)(=O)CCCCCN. The Morgan fingerprint density at radius 3 is 2.72 bits per heavy atom. The molecule has 0 atom stereocenters. The number of rotatable bonds is 12. The molecule has 25 heavy (non-hydrogen) atoms. The number of unbranched alkanes of at least 4 members (excludes halogenated alkanes) is 2. The number of nitrogens with zero attached hydrogens (tertiary/aromatic N) is 1. The van der Waals surface area contributed by atoms with Crippen molar-refractivity contribution >= 4 is 10.0 Å². The van der Waals surface area contributed by atoms with Gasteiger partial charge in [0, 0.05) is 13.6 Å². The molecule has 0 aromatic heterocycles. The van der Waals surface area contributed by atoms with Crippen LogP contribution in [0.2, 0.25) is 0 Å². The van der Waals surface area contributed by atoms with Crippen molar-refractivity contribution in [2.45, 2.75) is 38.5 Å². The second kappa shape index (κ2) is 9.50. The Morgan fingerprint density at radius 1 is 1.28 bits per heavy atom. The molecule has 0 amide bonds. The Bertz CT molecular complexity index is 648. The van der Waals surface area contributed by atoms with Crippen molar-refractivity contribution in [1.29, 1.82) is 0 Å². The van der Waals surface area contributed by atoms with Crippen molar-refractivity contribution in [2.24, 2.45) is 11.7 Å². The Hall–Kier alpha value is -1.18. The number of likely N-dealkylation sites (N-methyl/N-ethyl adjacent to an activating group) is 1. The second-order valence-corrected chi connectivity index (χ2v) is 8.95. The first-order valence-electron chi connectivity index (χ1n) is 8.97. The van der Waals surface area contributed by atoms with Gasteiger partial charge in [-0.25, -0.2) is 17.1 Å². The maximum atomic E-state index is 13.8. The van der Waals surface area contributed by atoms with E-state index in [2.05, 4.69) is 0 Å². The monoisotopic (exact) mass is 372 g/mol. The van der Waals surface area contributed by atoms with E-state index in [0.717, 1.165) is 31.2 Å². The van der Waals surface area contributed by atoms with Gasteiger partial charge in [-0.15, -0.1) is 0 Å². The second-order valence-electron chi connectivity index (χ2n) is 6.76. The van der Waals surface area contributed by atoms with E-state index in [1.54, 1.807) is 19.2 Å². The van der Waals surface area contributed by atoms with Crippen LogP contribution in [-0.2, 0) is 16.4 Å². The molecule has 0 radical (unpaired) electrons. The topological polar surface area (TPSA) is 72.6 Å². The van der Waals surface area contributed by atoms with E-state index in [9.17, 15) is 12.8 Å². The van der Waals surface area contributed by atoms with Crippen molar-refractivity contribution in [2.75, 3.05) is 32.5 Å². The molecule has 1 aliphatic carbocycles. The van der Waals surface area contributed by atoms with Gasteiger partial charge in [-0.05, 0) is 62.3 Å². The smallest absolute Gasteiger partial charge is 0.213 e. The fraction of sp³-hybridized carbons (Fsp3) is 0.667. The quantitative estimate of drug-likeness (QED) is 0.572. The minimum absolute atomic E-state index is 0.142. The zero-order valence-electron chi connectivity index (χ0n) is 14.9. The molecular weight excluding hydrogens is 343 g/mol. The lowest BCUT2D eigenvalue weighted by Crippen LogP contribution is -2.31. The van der Waals surface area contributed by atoms with Crippen LogP contribution >= 0.6 is 0 Å². The molecule has 5 nitrogen and oxygen atoms in total. The Labute approximate surface area is 150 Å². The lowest BCUT2D eigenvalue weighted by Gasteiger charge is -2.17. The van der Waals surface area contributed by atoms with E-state index in [1.807, 2.05) is 0 Å². The highest BCUT2D eigenvalue weighted by molar-refractivity contribution is 7.89. The Balaban J connectivity index is 1.83. The van der Waals surface area contributed by atoms with Crippen molar-refractivity contribution in [3.8, 4) is 5.75 Å². The molecule has 1 aliphatic rings. The normalized spacial score (nSPS) is 14.9. The molecule has 0 heterocycles. The zero-order valence-corrected chi connectivity index (χ0v) is 15.7. The molecular formula is C18H29FN2O3S. The third-order valence-electron chi connectivity index (χ3n) is 4.46. The molecule has 2 rings (SSSR count). The van der Waals surface area contributed by atoms with E-state index in [1.165, 1.54) is 10.4 Å². The molecule has 0 bridgehead atoms. The average molecular weight is 373 g/mol. The van der Waals surface area contributed by atoms with Crippen LogP contribution in [0.1, 0.15) is 37.7 Å². The number of hydrogen-bond acceptors (Lipinski definition) is 4. The van der Waals surface area contributed by atoms with Crippen LogP contribution in [-0.4, -0.2) is 45.2 Å². The summed E-state index contributed by atoms with van der Waals surface area (Å²) < 4.78 is 45.2. The third-order valence-corrected chi connectivity index (χ3v) is 6.40. The highest BCUT2D eigenvalue weighted by Crippen LogP contribution is 2.30. The van der Waals surface area contributed by atoms with Crippen molar-refractivity contribution in [1.82, 2.24) is 4.31 Å². The summed E-state index contributed by atoms with van der Waals surface area (Å²) >= 11 is 0. The number of hydrogen-bond donors (Lipinski definition) is 1. The average Bonchev–Trinajstić information content (AvgIpc) is 3.41. The maximum Gasteiger partial charge on any atom is 0.213 e. The highest BCUT2D eigenvalue weighted by Gasteiger charge is 2.22. The number of benzene rings is 1. The van der Waals surface area contributed by atoms with Crippen molar-refractivity contribution in [3.63, 3.8) is 0 Å². The minimum Gasteiger partial charge on any atom is -0.490 e. The van der Waals surface area contributed by atoms with E-state index in [-0.39, 0.29) is 17.3 Å². The van der Waals surface area contributed by atoms with Gasteiger partial charge < -0.3 is 10.5 Å². The molecule has 142 valence electrons. The summed E-state index contributed by atoms with van der Waals surface area (Å²) in [5.74, 6) is 0.587. The van der Waals surface area contributed by atoms with E-state index in [0.29, 0.717) is 38.5 Å². The van der Waals surface area contributed by atoms with Crippen LogP contribution < -0.4 is 10.5 Å². The highest BCUT2D eigenvalue weighted by atomic mass is 32.2. The van der Waals surface area contributed by atoms with Gasteiger partial charge in [0.15, 0.2) is 11.6 Å². The van der Waals surface area contributed by atoms with Crippen molar-refractivity contribution < 1.29 is 17.5 Å².